The number of rotatable bonds is 5. The third-order valence-corrected chi connectivity index (χ3v) is 4.94. The molecule has 0 bridgehead atoms. The predicted molar refractivity (Wildman–Crippen MR) is 126 cm³/mol. The molecule has 0 aliphatic heterocycles. The van der Waals surface area contributed by atoms with Crippen molar-refractivity contribution in [2.75, 3.05) is 17.2 Å². The summed E-state index contributed by atoms with van der Waals surface area (Å²) in [5, 5.41) is 8.97. The lowest BCUT2D eigenvalue weighted by atomic mass is 10.1. The summed E-state index contributed by atoms with van der Waals surface area (Å²) in [5.41, 5.74) is 2.92. The molecule has 1 aromatic heterocycles. The van der Waals surface area contributed by atoms with Crippen LogP contribution in [0.25, 0.3) is 0 Å². The maximum absolute atomic E-state index is 13.1. The number of hydrogen-bond donors (Lipinski definition) is 3. The van der Waals surface area contributed by atoms with Gasteiger partial charge in [0.05, 0.1) is 10.0 Å². The summed E-state index contributed by atoms with van der Waals surface area (Å²) >= 11 is 11.9. The number of aliphatic imine (C=N–C) groups is 1. The molecule has 3 aromatic rings. The van der Waals surface area contributed by atoms with E-state index in [0.29, 0.717) is 34.6 Å². The number of carbonyl (C=O) groups excluding carboxylic acids is 1. The second-order valence-electron chi connectivity index (χ2n) is 6.91. The van der Waals surface area contributed by atoms with E-state index in [4.69, 9.17) is 23.2 Å². The smallest absolute Gasteiger partial charge is 0.308 e. The highest BCUT2D eigenvalue weighted by Crippen LogP contribution is 2.24. The number of aromatic nitrogens is 2. The van der Waals surface area contributed by atoms with Gasteiger partial charge in [-0.1, -0.05) is 35.3 Å². The number of benzene rings is 2. The molecule has 0 aliphatic carbocycles. The van der Waals surface area contributed by atoms with Crippen LogP contribution in [0.5, 0.6) is 0 Å². The summed E-state index contributed by atoms with van der Waals surface area (Å²) in [4.78, 5) is 25.6. The monoisotopic (exact) mass is 474 g/mol. The Bertz CT molecular complexity index is 1120. The van der Waals surface area contributed by atoms with E-state index in [1.165, 1.54) is 18.2 Å². The standard InChI is InChI=1S/C22H21Cl2FN6O/c1-13-11-14(2)28-21(27-13)30-20(26-10-9-15-3-5-16(25)6-4-15)31-22(32)29-17-7-8-18(23)19(24)12-17/h3-8,11-12H,9-10H2,1-2H3,(H3,26,27,28,29,30,31,32). The Labute approximate surface area is 195 Å². The second-order valence-corrected chi connectivity index (χ2v) is 7.73. The zero-order chi connectivity index (χ0) is 23.1. The number of aryl methyl sites for hydroxylation is 2. The minimum absolute atomic E-state index is 0.162. The fourth-order valence-corrected chi connectivity index (χ4v) is 3.09. The van der Waals surface area contributed by atoms with Gasteiger partial charge in [-0.15, -0.1) is 0 Å². The quantitative estimate of drug-likeness (QED) is 0.342. The van der Waals surface area contributed by atoms with Gasteiger partial charge in [0, 0.05) is 23.6 Å². The van der Waals surface area contributed by atoms with Crippen molar-refractivity contribution in [2.45, 2.75) is 20.3 Å². The van der Waals surface area contributed by atoms with Crippen LogP contribution in [0.4, 0.5) is 20.8 Å². The number of urea groups is 1. The van der Waals surface area contributed by atoms with Gasteiger partial charge in [-0.25, -0.2) is 19.2 Å². The van der Waals surface area contributed by atoms with Gasteiger partial charge in [0.25, 0.3) is 0 Å². The zero-order valence-corrected chi connectivity index (χ0v) is 18.9. The highest BCUT2D eigenvalue weighted by molar-refractivity contribution is 6.42. The zero-order valence-electron chi connectivity index (χ0n) is 17.4. The highest BCUT2D eigenvalue weighted by Gasteiger charge is 2.10. The lowest BCUT2D eigenvalue weighted by Crippen LogP contribution is -2.39. The van der Waals surface area contributed by atoms with Crippen LogP contribution in [0.2, 0.25) is 10.0 Å². The molecular weight excluding hydrogens is 454 g/mol. The normalized spacial score (nSPS) is 11.2. The molecule has 2 aromatic carbocycles. The number of halogens is 3. The van der Waals surface area contributed by atoms with Crippen LogP contribution in [0.1, 0.15) is 17.0 Å². The molecule has 0 fully saturated rings. The summed E-state index contributed by atoms with van der Waals surface area (Å²) in [5.74, 6) is 0.166. The van der Waals surface area contributed by atoms with Gasteiger partial charge in [-0.2, -0.15) is 0 Å². The SMILES string of the molecule is Cc1cc(C)nc(NC(=NCCc2ccc(F)cc2)NC(=O)Nc2ccc(Cl)c(Cl)c2)n1. The maximum atomic E-state index is 13.1. The number of carbonyl (C=O) groups is 1. The van der Waals surface area contributed by atoms with Crippen LogP contribution in [-0.2, 0) is 6.42 Å². The lowest BCUT2D eigenvalue weighted by Gasteiger charge is -2.13. The molecular formula is C22H21Cl2FN6O. The summed E-state index contributed by atoms with van der Waals surface area (Å²) in [7, 11) is 0. The van der Waals surface area contributed by atoms with Crippen LogP contribution >= 0.6 is 23.2 Å². The van der Waals surface area contributed by atoms with Gasteiger partial charge in [-0.05, 0) is 62.2 Å². The Morgan fingerprint density at radius 2 is 1.66 bits per heavy atom. The van der Waals surface area contributed by atoms with Crippen LogP contribution in [0.15, 0.2) is 53.5 Å². The van der Waals surface area contributed by atoms with E-state index in [0.717, 1.165) is 17.0 Å². The van der Waals surface area contributed by atoms with Gasteiger partial charge in [-0.3, -0.25) is 15.6 Å². The molecule has 0 saturated heterocycles. The second kappa shape index (κ2) is 10.9. The molecule has 3 N–H and O–H groups in total. The third kappa shape index (κ3) is 7.18. The summed E-state index contributed by atoms with van der Waals surface area (Å²) in [6, 6.07) is 12.2. The first-order chi connectivity index (χ1) is 15.3. The van der Waals surface area contributed by atoms with Crippen molar-refractivity contribution in [3.8, 4) is 0 Å². The van der Waals surface area contributed by atoms with Gasteiger partial charge < -0.3 is 5.32 Å². The Balaban J connectivity index is 1.72. The average molecular weight is 475 g/mol. The molecule has 0 unspecified atom stereocenters. The average Bonchev–Trinajstić information content (AvgIpc) is 2.71. The van der Waals surface area contributed by atoms with E-state index in [1.54, 1.807) is 24.3 Å². The maximum Gasteiger partial charge on any atom is 0.326 e. The largest absolute Gasteiger partial charge is 0.326 e. The summed E-state index contributed by atoms with van der Waals surface area (Å²) in [6.45, 7) is 4.02. The molecule has 0 aliphatic rings. The molecule has 0 saturated carbocycles. The van der Waals surface area contributed by atoms with Crippen LogP contribution in [0, 0.1) is 19.7 Å². The van der Waals surface area contributed by atoms with Crippen molar-refractivity contribution in [1.82, 2.24) is 15.3 Å². The van der Waals surface area contributed by atoms with E-state index < -0.39 is 6.03 Å². The van der Waals surface area contributed by atoms with Crippen LogP contribution in [0.3, 0.4) is 0 Å². The van der Waals surface area contributed by atoms with Crippen LogP contribution < -0.4 is 16.0 Å². The number of guanidine groups is 1. The van der Waals surface area contributed by atoms with Crippen molar-refractivity contribution in [3.05, 3.63) is 81.3 Å². The lowest BCUT2D eigenvalue weighted by molar-refractivity contribution is 0.256. The van der Waals surface area contributed by atoms with Gasteiger partial charge in [0.15, 0.2) is 0 Å². The fraction of sp³-hybridized carbons (Fsp3) is 0.182. The number of hydrogen-bond acceptors (Lipinski definition) is 4. The van der Waals surface area contributed by atoms with Gasteiger partial charge in [0.1, 0.15) is 5.82 Å². The Morgan fingerprint density at radius 3 is 2.31 bits per heavy atom. The molecule has 32 heavy (non-hydrogen) atoms. The number of anilines is 2. The Morgan fingerprint density at radius 1 is 0.969 bits per heavy atom. The first kappa shape index (κ1) is 23.4. The first-order valence-corrected chi connectivity index (χ1v) is 10.5. The fourth-order valence-electron chi connectivity index (χ4n) is 2.79. The van der Waals surface area contributed by atoms with Gasteiger partial charge >= 0.3 is 6.03 Å². The minimum Gasteiger partial charge on any atom is -0.308 e. The van der Waals surface area contributed by atoms with E-state index in [1.807, 2.05) is 19.9 Å². The van der Waals surface area contributed by atoms with Crippen LogP contribution in [-0.4, -0.2) is 28.5 Å². The molecule has 10 heteroatoms. The van der Waals surface area contributed by atoms with Crippen molar-refractivity contribution in [1.29, 1.82) is 0 Å². The van der Waals surface area contributed by atoms with E-state index in [9.17, 15) is 9.18 Å². The third-order valence-electron chi connectivity index (χ3n) is 4.21. The van der Waals surface area contributed by atoms with Crippen molar-refractivity contribution in [2.24, 2.45) is 4.99 Å². The van der Waals surface area contributed by atoms with E-state index >= 15 is 0 Å². The molecule has 1 heterocycles. The molecule has 7 nitrogen and oxygen atoms in total. The van der Waals surface area contributed by atoms with Crippen molar-refractivity contribution >= 4 is 46.8 Å². The van der Waals surface area contributed by atoms with Crippen molar-refractivity contribution in [3.63, 3.8) is 0 Å². The van der Waals surface area contributed by atoms with Crippen molar-refractivity contribution < 1.29 is 9.18 Å². The minimum atomic E-state index is -0.541. The first-order valence-electron chi connectivity index (χ1n) is 9.70. The molecule has 3 rings (SSSR count). The van der Waals surface area contributed by atoms with E-state index in [2.05, 4.69) is 30.9 Å². The molecule has 0 spiro atoms. The molecule has 0 atom stereocenters. The molecule has 0 radical (unpaired) electrons. The van der Waals surface area contributed by atoms with E-state index in [-0.39, 0.29) is 11.8 Å². The number of amides is 2. The summed E-state index contributed by atoms with van der Waals surface area (Å²) < 4.78 is 13.1. The highest BCUT2D eigenvalue weighted by atomic mass is 35.5. The number of nitrogens with one attached hydrogen (secondary N) is 3. The Hall–Kier alpha value is -3.23. The van der Waals surface area contributed by atoms with Gasteiger partial charge in [0.2, 0.25) is 11.9 Å². The summed E-state index contributed by atoms with van der Waals surface area (Å²) in [6.07, 6.45) is 0.551. The molecule has 2 amide bonds. The molecule has 166 valence electrons. The predicted octanol–water partition coefficient (Wildman–Crippen LogP) is 5.37. The topological polar surface area (TPSA) is 91.3 Å². The Kier molecular flexibility index (Phi) is 7.97. The number of nitrogens with zero attached hydrogens (tertiary/aromatic N) is 3.